The highest BCUT2D eigenvalue weighted by Gasteiger charge is 2.21. The molecule has 0 unspecified atom stereocenters. The summed E-state index contributed by atoms with van der Waals surface area (Å²) in [4.78, 5) is 14.3. The highest BCUT2D eigenvalue weighted by Crippen LogP contribution is 2.37. The van der Waals surface area contributed by atoms with Crippen molar-refractivity contribution in [3.8, 4) is 6.07 Å². The Morgan fingerprint density at radius 3 is 3.10 bits per heavy atom. The van der Waals surface area contributed by atoms with Crippen LogP contribution >= 0.6 is 11.3 Å². The van der Waals surface area contributed by atoms with E-state index in [1.807, 2.05) is 0 Å². The molecule has 1 N–H and O–H groups in total. The molecule has 7 nitrogen and oxygen atoms in total. The zero-order chi connectivity index (χ0) is 13.9. The molecule has 8 heteroatoms. The largest absolute Gasteiger partial charge is 0.315 e. The number of amides is 1. The number of nitrogens with one attached hydrogen (secondary N) is 1. The van der Waals surface area contributed by atoms with E-state index in [1.54, 1.807) is 0 Å². The van der Waals surface area contributed by atoms with E-state index in [-0.39, 0.29) is 12.5 Å². The topological polar surface area (TPSA) is 96.5 Å². The van der Waals surface area contributed by atoms with E-state index >= 15 is 0 Å². The van der Waals surface area contributed by atoms with Gasteiger partial charge in [0.05, 0.1) is 5.56 Å². The van der Waals surface area contributed by atoms with Crippen molar-refractivity contribution < 1.29 is 4.79 Å². The van der Waals surface area contributed by atoms with Gasteiger partial charge in [0.15, 0.2) is 6.33 Å². The summed E-state index contributed by atoms with van der Waals surface area (Å²) >= 11 is 1.51. The van der Waals surface area contributed by atoms with Crippen molar-refractivity contribution in [1.82, 2.24) is 20.2 Å². The van der Waals surface area contributed by atoms with Crippen molar-refractivity contribution >= 4 is 22.2 Å². The Morgan fingerprint density at radius 1 is 1.50 bits per heavy atom. The van der Waals surface area contributed by atoms with Gasteiger partial charge >= 0.3 is 0 Å². The van der Waals surface area contributed by atoms with Crippen LogP contribution in [0.1, 0.15) is 28.8 Å². The normalized spacial score (nSPS) is 13.6. The third-order valence-electron chi connectivity index (χ3n) is 3.21. The minimum atomic E-state index is -0.252. The van der Waals surface area contributed by atoms with E-state index in [1.165, 1.54) is 27.3 Å². The molecule has 0 bridgehead atoms. The van der Waals surface area contributed by atoms with Crippen LogP contribution < -0.4 is 5.32 Å². The SMILES string of the molecule is N#Cc1c(NC(=O)Cn2ncnn2)sc2c1CCCC2. The molecule has 0 aromatic carbocycles. The van der Waals surface area contributed by atoms with Crippen molar-refractivity contribution in [2.75, 3.05) is 5.32 Å². The quantitative estimate of drug-likeness (QED) is 0.913. The molecular formula is C12H12N6OS. The molecule has 0 aliphatic heterocycles. The maximum absolute atomic E-state index is 11.9. The first-order chi connectivity index (χ1) is 9.78. The lowest BCUT2D eigenvalue weighted by Crippen LogP contribution is -2.20. The van der Waals surface area contributed by atoms with Crippen LogP contribution in [0.2, 0.25) is 0 Å². The molecular weight excluding hydrogens is 276 g/mol. The van der Waals surface area contributed by atoms with Crippen molar-refractivity contribution in [3.63, 3.8) is 0 Å². The first kappa shape index (κ1) is 12.7. The number of thiophene rings is 1. The van der Waals surface area contributed by atoms with Crippen molar-refractivity contribution in [2.45, 2.75) is 32.2 Å². The highest BCUT2D eigenvalue weighted by molar-refractivity contribution is 7.16. The monoisotopic (exact) mass is 288 g/mol. The maximum Gasteiger partial charge on any atom is 0.248 e. The predicted octanol–water partition coefficient (Wildman–Crippen LogP) is 1.12. The van der Waals surface area contributed by atoms with Crippen LogP contribution in [-0.4, -0.2) is 26.1 Å². The van der Waals surface area contributed by atoms with E-state index in [0.29, 0.717) is 10.6 Å². The third kappa shape index (κ3) is 2.40. The van der Waals surface area contributed by atoms with Crippen molar-refractivity contribution in [1.29, 1.82) is 5.26 Å². The molecule has 0 saturated heterocycles. The average Bonchev–Trinajstić information content (AvgIpc) is 3.05. The van der Waals surface area contributed by atoms with Crippen LogP contribution in [0.4, 0.5) is 5.00 Å². The summed E-state index contributed by atoms with van der Waals surface area (Å²) in [5, 5.41) is 23.7. The molecule has 0 atom stereocenters. The number of aryl methyl sites for hydroxylation is 1. The smallest absolute Gasteiger partial charge is 0.248 e. The van der Waals surface area contributed by atoms with Crippen LogP contribution in [0.25, 0.3) is 0 Å². The van der Waals surface area contributed by atoms with Crippen molar-refractivity contribution in [3.05, 3.63) is 22.3 Å². The molecule has 2 aromatic rings. The average molecular weight is 288 g/mol. The summed E-state index contributed by atoms with van der Waals surface area (Å²) in [6, 6.07) is 2.21. The fourth-order valence-electron chi connectivity index (χ4n) is 2.33. The van der Waals surface area contributed by atoms with Crippen LogP contribution in [-0.2, 0) is 24.2 Å². The van der Waals surface area contributed by atoms with Gasteiger partial charge in [-0.05, 0) is 36.5 Å². The van der Waals surface area contributed by atoms with Gasteiger partial charge in [-0.3, -0.25) is 4.79 Å². The molecule has 1 amide bonds. The van der Waals surface area contributed by atoms with Crippen molar-refractivity contribution in [2.24, 2.45) is 0 Å². The molecule has 1 aliphatic carbocycles. The zero-order valence-corrected chi connectivity index (χ0v) is 11.5. The van der Waals surface area contributed by atoms with Gasteiger partial charge in [-0.1, -0.05) is 0 Å². The Morgan fingerprint density at radius 2 is 2.35 bits per heavy atom. The second-order valence-corrected chi connectivity index (χ2v) is 5.65. The van der Waals surface area contributed by atoms with Gasteiger partial charge < -0.3 is 5.32 Å². The lowest BCUT2D eigenvalue weighted by Gasteiger charge is -2.09. The number of tetrazole rings is 1. The summed E-state index contributed by atoms with van der Waals surface area (Å²) in [6.07, 6.45) is 5.45. The first-order valence-corrected chi connectivity index (χ1v) is 7.15. The van der Waals surface area contributed by atoms with Gasteiger partial charge in [0.25, 0.3) is 0 Å². The van der Waals surface area contributed by atoms with Crippen LogP contribution in [0.15, 0.2) is 6.33 Å². The molecule has 0 radical (unpaired) electrons. The number of rotatable bonds is 3. The number of aromatic nitrogens is 4. The standard InChI is InChI=1S/C12H12N6OS/c13-5-9-8-3-1-2-4-10(8)20-12(9)16-11(19)6-18-15-7-14-17-18/h7H,1-4,6H2,(H,16,19). The molecule has 2 aromatic heterocycles. The lowest BCUT2D eigenvalue weighted by molar-refractivity contribution is -0.117. The van der Waals surface area contributed by atoms with Gasteiger partial charge in [-0.2, -0.15) is 10.1 Å². The van der Waals surface area contributed by atoms with Gasteiger partial charge in [-0.25, -0.2) is 0 Å². The predicted molar refractivity (Wildman–Crippen MR) is 72.1 cm³/mol. The molecule has 0 saturated carbocycles. The molecule has 2 heterocycles. The highest BCUT2D eigenvalue weighted by atomic mass is 32.1. The summed E-state index contributed by atoms with van der Waals surface area (Å²) in [5.41, 5.74) is 1.72. The van der Waals surface area contributed by atoms with E-state index in [9.17, 15) is 10.1 Å². The van der Waals surface area contributed by atoms with Crippen LogP contribution in [0.3, 0.4) is 0 Å². The summed E-state index contributed by atoms with van der Waals surface area (Å²) < 4.78 is 0. The Bertz CT molecular complexity index is 669. The number of carbonyl (C=O) groups excluding carboxylic acids is 1. The molecule has 1 aliphatic rings. The second-order valence-electron chi connectivity index (χ2n) is 4.54. The van der Waals surface area contributed by atoms with Gasteiger partial charge in [-0.15, -0.1) is 21.5 Å². The Hall–Kier alpha value is -2.27. The van der Waals surface area contributed by atoms with Crippen LogP contribution in [0, 0.1) is 11.3 Å². The van der Waals surface area contributed by atoms with Gasteiger partial charge in [0.1, 0.15) is 17.6 Å². The number of nitrogens with zero attached hydrogens (tertiary/aromatic N) is 5. The van der Waals surface area contributed by atoms with E-state index < -0.39 is 0 Å². The number of carbonyl (C=O) groups is 1. The summed E-state index contributed by atoms with van der Waals surface area (Å²) in [5.74, 6) is -0.252. The molecule has 0 fully saturated rings. The molecule has 0 spiro atoms. The van der Waals surface area contributed by atoms with E-state index in [0.717, 1.165) is 31.2 Å². The number of hydrogen-bond acceptors (Lipinski definition) is 6. The fraction of sp³-hybridized carbons (Fsp3) is 0.417. The second kappa shape index (κ2) is 5.38. The Labute approximate surface area is 119 Å². The Kier molecular flexibility index (Phi) is 3.43. The lowest BCUT2D eigenvalue weighted by atomic mass is 9.96. The number of fused-ring (bicyclic) bond motifs is 1. The molecule has 20 heavy (non-hydrogen) atoms. The molecule has 3 rings (SSSR count). The first-order valence-electron chi connectivity index (χ1n) is 6.33. The van der Waals surface area contributed by atoms with Crippen LogP contribution in [0.5, 0.6) is 0 Å². The fourth-order valence-corrected chi connectivity index (χ4v) is 3.58. The van der Waals surface area contributed by atoms with Gasteiger partial charge in [0.2, 0.25) is 5.91 Å². The summed E-state index contributed by atoms with van der Waals surface area (Å²) in [7, 11) is 0. The minimum Gasteiger partial charge on any atom is -0.315 e. The van der Waals surface area contributed by atoms with E-state index in [2.05, 4.69) is 26.8 Å². The van der Waals surface area contributed by atoms with Gasteiger partial charge in [0, 0.05) is 4.88 Å². The zero-order valence-electron chi connectivity index (χ0n) is 10.7. The Balaban J connectivity index is 1.79. The minimum absolute atomic E-state index is 0.00651. The molecule has 102 valence electrons. The van der Waals surface area contributed by atoms with E-state index in [4.69, 9.17) is 0 Å². The number of nitriles is 1. The third-order valence-corrected chi connectivity index (χ3v) is 4.42. The summed E-state index contributed by atoms with van der Waals surface area (Å²) in [6.45, 7) is -0.00651. The maximum atomic E-state index is 11.9. The number of anilines is 1. The number of hydrogen-bond donors (Lipinski definition) is 1.